The van der Waals surface area contributed by atoms with E-state index in [0.29, 0.717) is 11.5 Å². The fourth-order valence-electron chi connectivity index (χ4n) is 4.17. The van der Waals surface area contributed by atoms with Crippen LogP contribution in [0.4, 0.5) is 11.4 Å². The number of nitrogens with one attached hydrogen (secondary N) is 1. The minimum atomic E-state index is -0.305. The Labute approximate surface area is 171 Å². The van der Waals surface area contributed by atoms with Gasteiger partial charge in [-0.15, -0.1) is 0 Å². The van der Waals surface area contributed by atoms with Crippen LogP contribution in [-0.4, -0.2) is 47.9 Å². The van der Waals surface area contributed by atoms with E-state index in [-0.39, 0.29) is 17.5 Å². The molecule has 2 aliphatic heterocycles. The van der Waals surface area contributed by atoms with Gasteiger partial charge in [-0.1, -0.05) is 6.92 Å². The molecule has 2 aliphatic rings. The number of carbonyl (C=O) groups is 2. The average molecular weight is 393 g/mol. The fourth-order valence-corrected chi connectivity index (χ4v) is 4.17. The smallest absolute Gasteiger partial charge is 0.274 e. The first kappa shape index (κ1) is 19.4. The molecule has 1 aromatic heterocycles. The molecule has 2 aromatic rings. The normalized spacial score (nSPS) is 19.3. The lowest BCUT2D eigenvalue weighted by atomic mass is 9.99. The number of benzene rings is 1. The quantitative estimate of drug-likeness (QED) is 0.859. The number of hydrogen-bond donors (Lipinski definition) is 1. The van der Waals surface area contributed by atoms with Crippen molar-refractivity contribution < 1.29 is 9.59 Å². The number of likely N-dealkylation sites (tertiary alicyclic amines) is 1. The van der Waals surface area contributed by atoms with Gasteiger partial charge in [0, 0.05) is 49.3 Å². The first-order valence-electron chi connectivity index (χ1n) is 10.5. The molecule has 1 atom stereocenters. The van der Waals surface area contributed by atoms with Crippen molar-refractivity contribution in [2.75, 3.05) is 36.4 Å². The van der Waals surface area contributed by atoms with Crippen LogP contribution in [-0.2, 0) is 0 Å². The molecular weight excluding hydrogens is 364 g/mol. The van der Waals surface area contributed by atoms with E-state index in [4.69, 9.17) is 0 Å². The number of pyridine rings is 1. The highest BCUT2D eigenvalue weighted by Crippen LogP contribution is 2.22. The molecule has 152 valence electrons. The van der Waals surface area contributed by atoms with E-state index in [9.17, 15) is 9.59 Å². The molecular formula is C23H28N4O2. The van der Waals surface area contributed by atoms with E-state index in [2.05, 4.69) is 22.1 Å². The lowest BCUT2D eigenvalue weighted by Gasteiger charge is -2.31. The number of hydrogen-bond acceptors (Lipinski definition) is 4. The van der Waals surface area contributed by atoms with Gasteiger partial charge < -0.3 is 15.1 Å². The predicted octanol–water partition coefficient (Wildman–Crippen LogP) is 3.81. The van der Waals surface area contributed by atoms with Crippen LogP contribution in [0.3, 0.4) is 0 Å². The molecule has 2 fully saturated rings. The third-order valence-corrected chi connectivity index (χ3v) is 5.78. The summed E-state index contributed by atoms with van der Waals surface area (Å²) in [6.45, 7) is 5.89. The minimum absolute atomic E-state index is 0.0250. The average Bonchev–Trinajstić information content (AvgIpc) is 3.29. The van der Waals surface area contributed by atoms with Crippen molar-refractivity contribution in [2.45, 2.75) is 32.6 Å². The molecule has 2 amide bonds. The largest absolute Gasteiger partial charge is 0.372 e. The Kier molecular flexibility index (Phi) is 5.79. The maximum absolute atomic E-state index is 12.8. The first-order valence-corrected chi connectivity index (χ1v) is 10.5. The summed E-state index contributed by atoms with van der Waals surface area (Å²) in [4.78, 5) is 33.8. The number of carbonyl (C=O) groups excluding carboxylic acids is 2. The van der Waals surface area contributed by atoms with Crippen molar-refractivity contribution in [3.8, 4) is 0 Å². The van der Waals surface area contributed by atoms with E-state index < -0.39 is 0 Å². The Bertz CT molecular complexity index is 875. The third-order valence-electron chi connectivity index (χ3n) is 5.78. The van der Waals surface area contributed by atoms with E-state index in [0.717, 1.165) is 44.7 Å². The minimum Gasteiger partial charge on any atom is -0.372 e. The summed E-state index contributed by atoms with van der Waals surface area (Å²) in [5.41, 5.74) is 2.68. The maximum Gasteiger partial charge on any atom is 0.274 e. The summed E-state index contributed by atoms with van der Waals surface area (Å²) in [6, 6.07) is 11.2. The summed E-state index contributed by atoms with van der Waals surface area (Å²) in [7, 11) is 0. The molecule has 0 saturated carbocycles. The summed E-state index contributed by atoms with van der Waals surface area (Å²) < 4.78 is 0. The van der Waals surface area contributed by atoms with E-state index in [1.807, 2.05) is 29.2 Å². The maximum atomic E-state index is 12.8. The Morgan fingerprint density at radius 3 is 2.52 bits per heavy atom. The van der Waals surface area contributed by atoms with Gasteiger partial charge in [-0.05, 0) is 68.0 Å². The molecule has 0 radical (unpaired) electrons. The van der Waals surface area contributed by atoms with Crippen LogP contribution in [0, 0.1) is 5.92 Å². The topological polar surface area (TPSA) is 65.5 Å². The first-order chi connectivity index (χ1) is 14.1. The Morgan fingerprint density at radius 1 is 1.03 bits per heavy atom. The molecule has 0 aliphatic carbocycles. The van der Waals surface area contributed by atoms with Gasteiger partial charge in [-0.2, -0.15) is 0 Å². The number of piperidine rings is 1. The Morgan fingerprint density at radius 2 is 1.79 bits per heavy atom. The van der Waals surface area contributed by atoms with Crippen LogP contribution < -0.4 is 10.2 Å². The fraction of sp³-hybridized carbons (Fsp3) is 0.435. The van der Waals surface area contributed by atoms with Crippen molar-refractivity contribution in [3.05, 3.63) is 53.9 Å². The van der Waals surface area contributed by atoms with Gasteiger partial charge in [0.2, 0.25) is 0 Å². The SMILES string of the molecule is CC1CCCN(C(=O)c2ccnc(C(=O)Nc3ccc(N4CCCC4)cc3)c2)C1. The van der Waals surface area contributed by atoms with Crippen LogP contribution in [0.5, 0.6) is 0 Å². The molecule has 29 heavy (non-hydrogen) atoms. The van der Waals surface area contributed by atoms with Crippen molar-refractivity contribution in [2.24, 2.45) is 5.92 Å². The van der Waals surface area contributed by atoms with Gasteiger partial charge in [0.1, 0.15) is 5.69 Å². The zero-order valence-electron chi connectivity index (χ0n) is 16.9. The molecule has 6 nitrogen and oxygen atoms in total. The molecule has 4 rings (SSSR count). The van der Waals surface area contributed by atoms with Crippen LogP contribution in [0.15, 0.2) is 42.6 Å². The number of aromatic nitrogens is 1. The van der Waals surface area contributed by atoms with E-state index >= 15 is 0 Å². The lowest BCUT2D eigenvalue weighted by Crippen LogP contribution is -2.39. The third kappa shape index (κ3) is 4.58. The number of anilines is 2. The molecule has 0 bridgehead atoms. The second-order valence-electron chi connectivity index (χ2n) is 8.12. The van der Waals surface area contributed by atoms with E-state index in [1.165, 1.54) is 24.7 Å². The van der Waals surface area contributed by atoms with Crippen molar-refractivity contribution in [3.63, 3.8) is 0 Å². The van der Waals surface area contributed by atoms with Crippen LogP contribution in [0.1, 0.15) is 53.5 Å². The van der Waals surface area contributed by atoms with Crippen molar-refractivity contribution in [1.29, 1.82) is 0 Å². The van der Waals surface area contributed by atoms with Gasteiger partial charge in [0.15, 0.2) is 0 Å². The summed E-state index contributed by atoms with van der Waals surface area (Å²) in [6.07, 6.45) is 6.18. The molecule has 1 unspecified atom stereocenters. The molecule has 1 N–H and O–H groups in total. The van der Waals surface area contributed by atoms with Crippen LogP contribution in [0.2, 0.25) is 0 Å². The molecule has 3 heterocycles. The highest BCUT2D eigenvalue weighted by atomic mass is 16.2. The van der Waals surface area contributed by atoms with Gasteiger partial charge in [-0.25, -0.2) is 0 Å². The predicted molar refractivity (Wildman–Crippen MR) is 114 cm³/mol. The van der Waals surface area contributed by atoms with E-state index in [1.54, 1.807) is 12.1 Å². The van der Waals surface area contributed by atoms with Gasteiger partial charge >= 0.3 is 0 Å². The van der Waals surface area contributed by atoms with Crippen LogP contribution >= 0.6 is 0 Å². The second-order valence-corrected chi connectivity index (χ2v) is 8.12. The summed E-state index contributed by atoms with van der Waals surface area (Å²) in [5.74, 6) is 0.185. The standard InChI is InChI=1S/C23H28N4O2/c1-17-5-4-14-27(16-17)23(29)18-10-11-24-21(15-18)22(28)25-19-6-8-20(9-7-19)26-12-2-3-13-26/h6-11,15,17H,2-5,12-14,16H2,1H3,(H,25,28). The zero-order valence-corrected chi connectivity index (χ0v) is 16.9. The van der Waals surface area contributed by atoms with Gasteiger partial charge in [0.05, 0.1) is 0 Å². The lowest BCUT2D eigenvalue weighted by molar-refractivity contribution is 0.0683. The Hall–Kier alpha value is -2.89. The van der Waals surface area contributed by atoms with Gasteiger partial charge in [0.25, 0.3) is 11.8 Å². The highest BCUT2D eigenvalue weighted by Gasteiger charge is 2.23. The zero-order chi connectivity index (χ0) is 20.2. The summed E-state index contributed by atoms with van der Waals surface area (Å²) >= 11 is 0. The van der Waals surface area contributed by atoms with Crippen molar-refractivity contribution in [1.82, 2.24) is 9.88 Å². The Balaban J connectivity index is 1.42. The number of amides is 2. The summed E-state index contributed by atoms with van der Waals surface area (Å²) in [5, 5.41) is 2.88. The number of nitrogens with zero attached hydrogens (tertiary/aromatic N) is 3. The molecule has 6 heteroatoms. The highest BCUT2D eigenvalue weighted by molar-refractivity contribution is 6.04. The number of rotatable bonds is 4. The second kappa shape index (κ2) is 8.64. The molecule has 2 saturated heterocycles. The van der Waals surface area contributed by atoms with Crippen LogP contribution in [0.25, 0.3) is 0 Å². The molecule has 1 aromatic carbocycles. The van der Waals surface area contributed by atoms with Gasteiger partial charge in [-0.3, -0.25) is 14.6 Å². The molecule has 0 spiro atoms. The van der Waals surface area contributed by atoms with Crippen molar-refractivity contribution >= 4 is 23.2 Å². The monoisotopic (exact) mass is 392 g/mol.